The van der Waals surface area contributed by atoms with Crippen LogP contribution in [0, 0.1) is 0 Å². The van der Waals surface area contributed by atoms with E-state index in [1.54, 1.807) is 0 Å². The van der Waals surface area contributed by atoms with Gasteiger partial charge in [0.25, 0.3) is 0 Å². The van der Waals surface area contributed by atoms with Crippen molar-refractivity contribution in [3.05, 3.63) is 60.2 Å². The molecule has 0 bridgehead atoms. The topological polar surface area (TPSA) is 12.4 Å². The summed E-state index contributed by atoms with van der Waals surface area (Å²) in [5.41, 5.74) is 4.75. The predicted octanol–water partition coefficient (Wildman–Crippen LogP) is 3.79. The Kier molecular flexibility index (Phi) is 3.16. The average molecular weight is 209 g/mol. The Labute approximate surface area is 96.5 Å². The van der Waals surface area contributed by atoms with Crippen LogP contribution in [0.2, 0.25) is 0 Å². The molecule has 0 aliphatic heterocycles. The van der Waals surface area contributed by atoms with Crippen LogP contribution in [0.25, 0.3) is 11.1 Å². The number of benzene rings is 2. The smallest absolute Gasteiger partial charge is 0.0386 e. The molecule has 0 atom stereocenters. The summed E-state index contributed by atoms with van der Waals surface area (Å²) >= 11 is 0. The number of rotatable bonds is 2. The third-order valence-corrected chi connectivity index (χ3v) is 2.75. The van der Waals surface area contributed by atoms with Crippen molar-refractivity contribution < 1.29 is 0 Å². The van der Waals surface area contributed by atoms with Crippen LogP contribution in [0.5, 0.6) is 0 Å². The van der Waals surface area contributed by atoms with Gasteiger partial charge in [-0.2, -0.15) is 0 Å². The molecule has 0 saturated carbocycles. The van der Waals surface area contributed by atoms with Gasteiger partial charge in [0.15, 0.2) is 0 Å². The second-order valence-corrected chi connectivity index (χ2v) is 3.75. The van der Waals surface area contributed by atoms with E-state index in [4.69, 9.17) is 0 Å². The average Bonchev–Trinajstić information content (AvgIpc) is 2.39. The van der Waals surface area contributed by atoms with Crippen molar-refractivity contribution in [1.82, 2.24) is 0 Å². The van der Waals surface area contributed by atoms with Crippen molar-refractivity contribution in [2.24, 2.45) is 4.99 Å². The van der Waals surface area contributed by atoms with Crippen LogP contribution < -0.4 is 0 Å². The first-order chi connectivity index (χ1) is 7.81. The van der Waals surface area contributed by atoms with Gasteiger partial charge in [0.05, 0.1) is 0 Å². The van der Waals surface area contributed by atoms with Crippen LogP contribution in [0.1, 0.15) is 12.5 Å². The third-order valence-electron chi connectivity index (χ3n) is 2.75. The highest BCUT2D eigenvalue weighted by atomic mass is 14.7. The minimum absolute atomic E-state index is 1.07. The molecule has 1 heteroatoms. The Hall–Kier alpha value is -1.89. The van der Waals surface area contributed by atoms with Crippen molar-refractivity contribution in [3.63, 3.8) is 0 Å². The standard InChI is InChI=1S/C15H15N/c1-12(16-2)13-8-10-15(11-9-13)14-6-4-3-5-7-14/h3-11H,1-2H3. The molecule has 0 N–H and O–H groups in total. The first kappa shape index (κ1) is 10.6. The predicted molar refractivity (Wildman–Crippen MR) is 70.0 cm³/mol. The van der Waals surface area contributed by atoms with E-state index in [1.165, 1.54) is 16.7 Å². The van der Waals surface area contributed by atoms with Crippen molar-refractivity contribution in [3.8, 4) is 11.1 Å². The summed E-state index contributed by atoms with van der Waals surface area (Å²) in [7, 11) is 1.82. The van der Waals surface area contributed by atoms with E-state index in [1.807, 2.05) is 20.0 Å². The molecule has 0 unspecified atom stereocenters. The molecule has 1 nitrogen and oxygen atoms in total. The monoisotopic (exact) mass is 209 g/mol. The Morgan fingerprint density at radius 3 is 1.94 bits per heavy atom. The highest BCUT2D eigenvalue weighted by Gasteiger charge is 1.98. The van der Waals surface area contributed by atoms with Crippen molar-refractivity contribution >= 4 is 5.71 Å². The van der Waals surface area contributed by atoms with Crippen LogP contribution >= 0.6 is 0 Å². The maximum absolute atomic E-state index is 4.18. The first-order valence-electron chi connectivity index (χ1n) is 5.40. The van der Waals surface area contributed by atoms with E-state index in [0.29, 0.717) is 0 Å². The van der Waals surface area contributed by atoms with Gasteiger partial charge in [-0.3, -0.25) is 4.99 Å². The SMILES string of the molecule is CN=C(C)c1ccc(-c2ccccc2)cc1. The van der Waals surface area contributed by atoms with Crippen LogP contribution in [0.15, 0.2) is 59.6 Å². The number of aliphatic imine (C=N–C) groups is 1. The molecule has 16 heavy (non-hydrogen) atoms. The van der Waals surface area contributed by atoms with E-state index in [0.717, 1.165) is 5.71 Å². The fraction of sp³-hybridized carbons (Fsp3) is 0.133. The van der Waals surface area contributed by atoms with E-state index in [9.17, 15) is 0 Å². The van der Waals surface area contributed by atoms with Crippen molar-refractivity contribution in [2.75, 3.05) is 7.05 Å². The van der Waals surface area contributed by atoms with Crippen molar-refractivity contribution in [2.45, 2.75) is 6.92 Å². The van der Waals surface area contributed by atoms with Gasteiger partial charge in [-0.15, -0.1) is 0 Å². The van der Waals surface area contributed by atoms with E-state index in [-0.39, 0.29) is 0 Å². The number of hydrogen-bond acceptors (Lipinski definition) is 1. The normalized spacial score (nSPS) is 11.5. The number of nitrogens with zero attached hydrogens (tertiary/aromatic N) is 1. The zero-order valence-electron chi connectivity index (χ0n) is 9.64. The highest BCUT2D eigenvalue weighted by molar-refractivity contribution is 5.98. The molecule has 0 saturated heterocycles. The highest BCUT2D eigenvalue weighted by Crippen LogP contribution is 2.19. The van der Waals surface area contributed by atoms with Crippen molar-refractivity contribution in [1.29, 1.82) is 0 Å². The quantitative estimate of drug-likeness (QED) is 0.667. The number of hydrogen-bond donors (Lipinski definition) is 0. The lowest BCUT2D eigenvalue weighted by molar-refractivity contribution is 1.41. The summed E-state index contributed by atoms with van der Waals surface area (Å²) in [5.74, 6) is 0. The molecule has 0 aliphatic rings. The lowest BCUT2D eigenvalue weighted by atomic mass is 10.0. The van der Waals surface area contributed by atoms with Gasteiger partial charge in [-0.05, 0) is 23.6 Å². The molecule has 0 amide bonds. The van der Waals surface area contributed by atoms with E-state index < -0.39 is 0 Å². The lowest BCUT2D eigenvalue weighted by Gasteiger charge is -2.03. The third kappa shape index (κ3) is 2.19. The van der Waals surface area contributed by atoms with Crippen LogP contribution in [0.4, 0.5) is 0 Å². The van der Waals surface area contributed by atoms with E-state index in [2.05, 4.69) is 53.5 Å². The minimum atomic E-state index is 1.07. The minimum Gasteiger partial charge on any atom is -0.293 e. The Bertz CT molecular complexity index is 481. The van der Waals surface area contributed by atoms with Gasteiger partial charge in [-0.25, -0.2) is 0 Å². The summed E-state index contributed by atoms with van der Waals surface area (Å²) < 4.78 is 0. The Morgan fingerprint density at radius 2 is 1.38 bits per heavy atom. The Balaban J connectivity index is 2.34. The van der Waals surface area contributed by atoms with Crippen LogP contribution in [-0.4, -0.2) is 12.8 Å². The molecule has 2 aromatic carbocycles. The molecule has 0 spiro atoms. The van der Waals surface area contributed by atoms with Crippen LogP contribution in [-0.2, 0) is 0 Å². The molecule has 0 heterocycles. The van der Waals surface area contributed by atoms with Gasteiger partial charge in [0, 0.05) is 12.8 Å². The van der Waals surface area contributed by atoms with Gasteiger partial charge in [0.2, 0.25) is 0 Å². The molecule has 2 rings (SSSR count). The van der Waals surface area contributed by atoms with Crippen LogP contribution in [0.3, 0.4) is 0 Å². The maximum atomic E-state index is 4.18. The first-order valence-corrected chi connectivity index (χ1v) is 5.40. The molecule has 2 aromatic rings. The summed E-state index contributed by atoms with van der Waals surface area (Å²) in [6.45, 7) is 2.03. The van der Waals surface area contributed by atoms with E-state index >= 15 is 0 Å². The largest absolute Gasteiger partial charge is 0.293 e. The summed E-state index contributed by atoms with van der Waals surface area (Å²) in [4.78, 5) is 4.18. The Morgan fingerprint density at radius 1 is 0.812 bits per heavy atom. The van der Waals surface area contributed by atoms with Gasteiger partial charge >= 0.3 is 0 Å². The van der Waals surface area contributed by atoms with Gasteiger partial charge < -0.3 is 0 Å². The summed E-state index contributed by atoms with van der Waals surface area (Å²) in [5, 5.41) is 0. The lowest BCUT2D eigenvalue weighted by Crippen LogP contribution is -1.93. The molecule has 0 radical (unpaired) electrons. The molecule has 0 aliphatic carbocycles. The second kappa shape index (κ2) is 4.75. The summed E-state index contributed by atoms with van der Waals surface area (Å²) in [6, 6.07) is 18.9. The zero-order valence-corrected chi connectivity index (χ0v) is 9.64. The van der Waals surface area contributed by atoms with Gasteiger partial charge in [-0.1, -0.05) is 54.6 Å². The molecule has 80 valence electrons. The molecular formula is C15H15N. The molecular weight excluding hydrogens is 194 g/mol. The fourth-order valence-corrected chi connectivity index (χ4v) is 1.66. The fourth-order valence-electron chi connectivity index (χ4n) is 1.66. The second-order valence-electron chi connectivity index (χ2n) is 3.75. The summed E-state index contributed by atoms with van der Waals surface area (Å²) in [6.07, 6.45) is 0. The molecule has 0 fully saturated rings. The maximum Gasteiger partial charge on any atom is 0.0386 e. The van der Waals surface area contributed by atoms with Gasteiger partial charge in [0.1, 0.15) is 0 Å². The zero-order chi connectivity index (χ0) is 11.4. The molecule has 0 aromatic heterocycles.